The topological polar surface area (TPSA) is 39.9 Å². The van der Waals surface area contributed by atoms with E-state index in [4.69, 9.17) is 0 Å². The van der Waals surface area contributed by atoms with Crippen LogP contribution in [0.4, 0.5) is 5.69 Å². The van der Waals surface area contributed by atoms with Crippen LogP contribution in [0, 0.1) is 18.3 Å². The summed E-state index contributed by atoms with van der Waals surface area (Å²) >= 11 is 0. The fourth-order valence-electron chi connectivity index (χ4n) is 3.24. The number of nitrogens with zero attached hydrogens (tertiary/aromatic N) is 3. The van der Waals surface area contributed by atoms with Crippen LogP contribution in [0.2, 0.25) is 0 Å². The molecule has 0 atom stereocenters. The molecule has 0 N–H and O–H groups in total. The second-order valence-corrected chi connectivity index (χ2v) is 6.21. The molecule has 0 bridgehead atoms. The summed E-state index contributed by atoms with van der Waals surface area (Å²) in [5.74, 6) is 0. The van der Waals surface area contributed by atoms with E-state index in [9.17, 15) is 5.26 Å². The lowest BCUT2D eigenvalue weighted by Gasteiger charge is -2.35. The number of hydrogen-bond donors (Lipinski definition) is 0. The van der Waals surface area contributed by atoms with Crippen molar-refractivity contribution < 1.29 is 0 Å². The van der Waals surface area contributed by atoms with Crippen molar-refractivity contribution in [1.82, 2.24) is 4.98 Å². The number of hydrogen-bond acceptors (Lipinski definition) is 3. The third kappa shape index (κ3) is 2.57. The van der Waals surface area contributed by atoms with Crippen molar-refractivity contribution in [2.75, 3.05) is 11.4 Å². The van der Waals surface area contributed by atoms with E-state index in [2.05, 4.69) is 41.9 Å². The molecule has 1 aliphatic rings. The fourth-order valence-corrected chi connectivity index (χ4v) is 3.24. The summed E-state index contributed by atoms with van der Waals surface area (Å²) in [4.78, 5) is 6.66. The average Bonchev–Trinajstić information content (AvgIpc) is 2.52. The summed E-state index contributed by atoms with van der Waals surface area (Å²) in [6, 6.07) is 11.1. The van der Waals surface area contributed by atoms with Gasteiger partial charge in [0.1, 0.15) is 0 Å². The number of fused-ring (bicyclic) bond motifs is 1. The van der Waals surface area contributed by atoms with E-state index >= 15 is 0 Å². The molecule has 3 rings (SSSR count). The molecule has 0 amide bonds. The first-order chi connectivity index (χ1) is 10.6. The van der Waals surface area contributed by atoms with E-state index in [-0.39, 0.29) is 0 Å². The third-order valence-corrected chi connectivity index (χ3v) is 4.32. The monoisotopic (exact) mass is 291 g/mol. The zero-order chi connectivity index (χ0) is 15.7. The van der Waals surface area contributed by atoms with Crippen LogP contribution in [0.25, 0.3) is 11.1 Å². The molecule has 1 aliphatic heterocycles. The maximum absolute atomic E-state index is 9.59. The van der Waals surface area contributed by atoms with Gasteiger partial charge in [-0.25, -0.2) is 0 Å². The Morgan fingerprint density at radius 2 is 2.09 bits per heavy atom. The lowest BCUT2D eigenvalue weighted by molar-refractivity contribution is 0.625. The molecular weight excluding hydrogens is 270 g/mol. The van der Waals surface area contributed by atoms with Crippen molar-refractivity contribution >= 4 is 5.69 Å². The minimum atomic E-state index is 0.458. The average molecular weight is 291 g/mol. The molecule has 3 heteroatoms. The summed E-state index contributed by atoms with van der Waals surface area (Å²) in [6.45, 7) is 7.47. The molecule has 0 aliphatic carbocycles. The normalized spacial score (nSPS) is 13.9. The predicted molar refractivity (Wildman–Crippen MR) is 89.9 cm³/mol. The highest BCUT2D eigenvalue weighted by molar-refractivity contribution is 5.76. The number of benzene rings is 1. The van der Waals surface area contributed by atoms with Crippen molar-refractivity contribution in [1.29, 1.82) is 5.26 Å². The Hall–Kier alpha value is -2.34. The number of aromatic nitrogens is 1. The molecular formula is C19H21N3. The van der Waals surface area contributed by atoms with Gasteiger partial charge in [0.05, 0.1) is 11.6 Å². The molecule has 0 spiro atoms. The molecule has 0 radical (unpaired) electrons. The maximum Gasteiger partial charge on any atom is 0.0998 e. The molecule has 0 saturated carbocycles. The van der Waals surface area contributed by atoms with Gasteiger partial charge in [-0.05, 0) is 74.6 Å². The lowest BCUT2D eigenvalue weighted by Crippen LogP contribution is -2.35. The van der Waals surface area contributed by atoms with E-state index in [1.807, 2.05) is 25.3 Å². The Bertz CT molecular complexity index is 741. The minimum Gasteiger partial charge on any atom is -0.369 e. The largest absolute Gasteiger partial charge is 0.369 e. The minimum absolute atomic E-state index is 0.458. The summed E-state index contributed by atoms with van der Waals surface area (Å²) in [7, 11) is 0. The van der Waals surface area contributed by atoms with E-state index in [0.29, 0.717) is 6.04 Å². The van der Waals surface area contributed by atoms with Crippen LogP contribution in [0.1, 0.15) is 37.1 Å². The molecule has 0 fully saturated rings. The summed E-state index contributed by atoms with van der Waals surface area (Å²) < 4.78 is 0. The van der Waals surface area contributed by atoms with Gasteiger partial charge in [-0.2, -0.15) is 5.26 Å². The van der Waals surface area contributed by atoms with Crippen LogP contribution in [0.5, 0.6) is 0 Å². The highest BCUT2D eigenvalue weighted by Crippen LogP contribution is 2.35. The Kier molecular flexibility index (Phi) is 3.85. The van der Waals surface area contributed by atoms with E-state index < -0.39 is 0 Å². The first-order valence-corrected chi connectivity index (χ1v) is 7.87. The molecule has 112 valence electrons. The molecule has 0 saturated heterocycles. The van der Waals surface area contributed by atoms with E-state index in [0.717, 1.165) is 35.3 Å². The number of anilines is 1. The summed E-state index contributed by atoms with van der Waals surface area (Å²) in [5.41, 5.74) is 6.40. The second kappa shape index (κ2) is 5.81. The smallest absolute Gasteiger partial charge is 0.0998 e. The Morgan fingerprint density at radius 1 is 1.27 bits per heavy atom. The molecule has 0 unspecified atom stereocenters. The van der Waals surface area contributed by atoms with Gasteiger partial charge in [-0.15, -0.1) is 0 Å². The summed E-state index contributed by atoms with van der Waals surface area (Å²) in [5, 5.41) is 9.59. The number of nitriles is 1. The van der Waals surface area contributed by atoms with Crippen LogP contribution in [-0.2, 0) is 6.42 Å². The standard InChI is InChI=1S/C19H21N3/c1-13(2)22-8-4-5-16-10-18(17(12-20)11-19(16)22)15-6-7-21-14(3)9-15/h6-7,9-11,13H,4-5,8H2,1-3H3. The van der Waals surface area contributed by atoms with Crippen molar-refractivity contribution in [3.05, 3.63) is 47.3 Å². The maximum atomic E-state index is 9.59. The predicted octanol–water partition coefficient (Wildman–Crippen LogP) is 4.09. The van der Waals surface area contributed by atoms with Gasteiger partial charge in [-0.1, -0.05) is 0 Å². The quantitative estimate of drug-likeness (QED) is 0.836. The van der Waals surface area contributed by atoms with E-state index in [1.54, 1.807) is 0 Å². The zero-order valence-corrected chi connectivity index (χ0v) is 13.4. The van der Waals surface area contributed by atoms with Gasteiger partial charge in [0.25, 0.3) is 0 Å². The number of rotatable bonds is 2. The molecule has 2 aromatic rings. The first kappa shape index (κ1) is 14.6. The van der Waals surface area contributed by atoms with Gasteiger partial charge in [0, 0.05) is 30.2 Å². The Morgan fingerprint density at radius 3 is 2.77 bits per heavy atom. The van der Waals surface area contributed by atoms with Crippen molar-refractivity contribution in [2.45, 2.75) is 39.7 Å². The van der Waals surface area contributed by atoms with Crippen LogP contribution in [0.15, 0.2) is 30.5 Å². The summed E-state index contributed by atoms with van der Waals surface area (Å²) in [6.07, 6.45) is 4.07. The van der Waals surface area contributed by atoms with Crippen LogP contribution >= 0.6 is 0 Å². The Labute approximate surface area is 132 Å². The van der Waals surface area contributed by atoms with Gasteiger partial charge >= 0.3 is 0 Å². The zero-order valence-electron chi connectivity index (χ0n) is 13.4. The third-order valence-electron chi connectivity index (χ3n) is 4.32. The van der Waals surface area contributed by atoms with Crippen molar-refractivity contribution in [2.24, 2.45) is 0 Å². The second-order valence-electron chi connectivity index (χ2n) is 6.21. The fraction of sp³-hybridized carbons (Fsp3) is 0.368. The molecule has 2 heterocycles. The van der Waals surface area contributed by atoms with Gasteiger partial charge in [0.15, 0.2) is 0 Å². The van der Waals surface area contributed by atoms with Crippen molar-refractivity contribution in [3.63, 3.8) is 0 Å². The lowest BCUT2D eigenvalue weighted by atomic mass is 9.92. The van der Waals surface area contributed by atoms with E-state index in [1.165, 1.54) is 17.7 Å². The van der Waals surface area contributed by atoms with Crippen LogP contribution < -0.4 is 4.90 Å². The number of aryl methyl sites for hydroxylation is 2. The number of pyridine rings is 1. The van der Waals surface area contributed by atoms with Gasteiger partial charge in [0.2, 0.25) is 0 Å². The SMILES string of the molecule is Cc1cc(-c2cc3c(cc2C#N)N(C(C)C)CCC3)ccn1. The molecule has 1 aromatic carbocycles. The van der Waals surface area contributed by atoms with Gasteiger partial charge < -0.3 is 4.90 Å². The van der Waals surface area contributed by atoms with Gasteiger partial charge in [-0.3, -0.25) is 4.98 Å². The Balaban J connectivity index is 2.16. The molecule has 3 nitrogen and oxygen atoms in total. The molecule has 22 heavy (non-hydrogen) atoms. The van der Waals surface area contributed by atoms with Crippen LogP contribution in [-0.4, -0.2) is 17.6 Å². The highest BCUT2D eigenvalue weighted by Gasteiger charge is 2.21. The first-order valence-electron chi connectivity index (χ1n) is 7.87. The van der Waals surface area contributed by atoms with Crippen LogP contribution in [0.3, 0.4) is 0 Å². The highest BCUT2D eigenvalue weighted by atomic mass is 15.2. The molecule has 1 aromatic heterocycles. The van der Waals surface area contributed by atoms with Crippen molar-refractivity contribution in [3.8, 4) is 17.2 Å².